The number of amides is 1. The van der Waals surface area contributed by atoms with Crippen molar-refractivity contribution >= 4 is 61.7 Å². The number of fused-ring (bicyclic) bond motifs is 2. The molecule has 0 atom stereocenters. The fraction of sp³-hybridized carbons (Fsp3) is 0.138. The molecule has 1 amide bonds. The number of non-ortho nitro benzene ring substituents is 1. The third-order valence-corrected chi connectivity index (χ3v) is 6.73. The largest absolute Gasteiger partial charge is 0.452 e. The molecule has 0 saturated carbocycles. The summed E-state index contributed by atoms with van der Waals surface area (Å²) in [6, 6.07) is 20.8. The first-order chi connectivity index (χ1) is 18.4. The van der Waals surface area contributed by atoms with E-state index in [1.807, 2.05) is 36.4 Å². The number of allylic oxidation sites excluding steroid dienone is 1. The number of hydrogen-bond donors (Lipinski definition) is 1. The molecule has 4 aromatic rings. The van der Waals surface area contributed by atoms with Gasteiger partial charge in [0.25, 0.3) is 11.6 Å². The van der Waals surface area contributed by atoms with E-state index < -0.39 is 23.4 Å². The minimum absolute atomic E-state index is 0.00672. The number of ether oxygens (including phenoxy) is 1. The first-order valence-corrected chi connectivity index (χ1v) is 12.8. The van der Waals surface area contributed by atoms with Crippen LogP contribution in [-0.4, -0.2) is 28.4 Å². The molecular formula is C29H22BrN3O5. The van der Waals surface area contributed by atoms with Gasteiger partial charge in [0.05, 0.1) is 21.7 Å². The molecule has 0 radical (unpaired) electrons. The van der Waals surface area contributed by atoms with Gasteiger partial charge in [-0.15, -0.1) is 0 Å². The predicted octanol–water partition coefficient (Wildman–Crippen LogP) is 6.58. The van der Waals surface area contributed by atoms with Crippen LogP contribution in [0.25, 0.3) is 22.6 Å². The zero-order chi connectivity index (χ0) is 26.6. The first kappa shape index (κ1) is 25.3. The molecule has 9 heteroatoms. The zero-order valence-corrected chi connectivity index (χ0v) is 21.7. The average Bonchev–Trinajstić information content (AvgIpc) is 2.91. The Kier molecular flexibility index (Phi) is 7.28. The Bertz CT molecular complexity index is 1620. The van der Waals surface area contributed by atoms with Crippen LogP contribution in [0.4, 0.5) is 11.4 Å². The number of benzene rings is 3. The smallest absolute Gasteiger partial charge is 0.339 e. The van der Waals surface area contributed by atoms with Crippen molar-refractivity contribution in [3.8, 4) is 0 Å². The maximum absolute atomic E-state index is 13.4. The van der Waals surface area contributed by atoms with Crippen LogP contribution < -0.4 is 5.32 Å². The van der Waals surface area contributed by atoms with Gasteiger partial charge in [-0.25, -0.2) is 9.78 Å². The Morgan fingerprint density at radius 3 is 2.68 bits per heavy atom. The number of nitro groups is 1. The quantitative estimate of drug-likeness (QED) is 0.159. The number of esters is 1. The van der Waals surface area contributed by atoms with Gasteiger partial charge in [0.15, 0.2) is 6.61 Å². The van der Waals surface area contributed by atoms with E-state index in [2.05, 4.69) is 21.2 Å². The Labute approximate surface area is 226 Å². The van der Waals surface area contributed by atoms with Crippen LogP contribution in [0.15, 0.2) is 77.3 Å². The molecule has 0 fully saturated rings. The highest BCUT2D eigenvalue weighted by Gasteiger charge is 2.26. The number of rotatable bonds is 6. The van der Waals surface area contributed by atoms with E-state index in [0.29, 0.717) is 46.3 Å². The molecule has 1 aliphatic carbocycles. The minimum Gasteiger partial charge on any atom is -0.452 e. The van der Waals surface area contributed by atoms with Crippen LogP contribution in [-0.2, 0) is 16.0 Å². The van der Waals surface area contributed by atoms with Gasteiger partial charge < -0.3 is 10.1 Å². The Morgan fingerprint density at radius 2 is 1.87 bits per heavy atom. The van der Waals surface area contributed by atoms with Gasteiger partial charge in [-0.3, -0.25) is 14.9 Å². The van der Waals surface area contributed by atoms with Crippen molar-refractivity contribution in [2.45, 2.75) is 19.3 Å². The number of carbonyl (C=O) groups is 2. The third-order valence-electron chi connectivity index (χ3n) is 6.24. The highest BCUT2D eigenvalue weighted by molar-refractivity contribution is 9.10. The zero-order valence-electron chi connectivity index (χ0n) is 20.1. The predicted molar refractivity (Wildman–Crippen MR) is 149 cm³/mol. The van der Waals surface area contributed by atoms with E-state index in [9.17, 15) is 19.7 Å². The molecule has 1 heterocycles. The van der Waals surface area contributed by atoms with E-state index in [1.165, 1.54) is 12.1 Å². The number of para-hydroxylation sites is 1. The highest BCUT2D eigenvalue weighted by atomic mass is 79.9. The van der Waals surface area contributed by atoms with Gasteiger partial charge in [0, 0.05) is 27.7 Å². The van der Waals surface area contributed by atoms with Crippen LogP contribution in [0.5, 0.6) is 0 Å². The lowest BCUT2D eigenvalue weighted by Gasteiger charge is -2.22. The van der Waals surface area contributed by atoms with Gasteiger partial charge in [-0.05, 0) is 66.3 Å². The molecule has 1 N–H and O–H groups in total. The number of carbonyl (C=O) groups excluding carboxylic acids is 2. The van der Waals surface area contributed by atoms with E-state index in [4.69, 9.17) is 9.72 Å². The highest BCUT2D eigenvalue weighted by Crippen LogP contribution is 2.36. The second-order valence-corrected chi connectivity index (χ2v) is 9.76. The number of aromatic nitrogens is 1. The summed E-state index contributed by atoms with van der Waals surface area (Å²) in [5.41, 5.74) is 4.62. The van der Waals surface area contributed by atoms with Crippen LogP contribution in [0.2, 0.25) is 0 Å². The molecule has 1 aliphatic rings. The summed E-state index contributed by atoms with van der Waals surface area (Å²) in [7, 11) is 0. The number of pyridine rings is 1. The Balaban J connectivity index is 1.47. The van der Waals surface area contributed by atoms with Crippen LogP contribution >= 0.6 is 15.9 Å². The summed E-state index contributed by atoms with van der Waals surface area (Å²) in [4.78, 5) is 41.5. The number of anilines is 1. The molecule has 0 unspecified atom stereocenters. The van der Waals surface area contributed by atoms with Crippen LogP contribution in [0.1, 0.15) is 40.0 Å². The molecule has 1 aromatic heterocycles. The molecule has 0 bridgehead atoms. The van der Waals surface area contributed by atoms with Crippen LogP contribution in [0.3, 0.4) is 0 Å². The molecule has 0 spiro atoms. The van der Waals surface area contributed by atoms with Gasteiger partial charge in [0.2, 0.25) is 0 Å². The summed E-state index contributed by atoms with van der Waals surface area (Å²) >= 11 is 3.36. The second-order valence-electron chi connectivity index (χ2n) is 8.84. The number of hydrogen-bond acceptors (Lipinski definition) is 6. The van der Waals surface area contributed by atoms with Crippen molar-refractivity contribution in [3.05, 3.63) is 110 Å². The van der Waals surface area contributed by atoms with Crippen molar-refractivity contribution in [3.63, 3.8) is 0 Å². The van der Waals surface area contributed by atoms with Crippen molar-refractivity contribution in [2.75, 3.05) is 11.9 Å². The summed E-state index contributed by atoms with van der Waals surface area (Å²) in [6.45, 7) is -0.437. The normalized spacial score (nSPS) is 13.7. The summed E-state index contributed by atoms with van der Waals surface area (Å²) in [5, 5.41) is 14.6. The molecule has 0 saturated heterocycles. The standard InChI is InChI=1S/C29H22BrN3O5/c30-20-8-5-9-21(16-20)31-26(34)17-38-29(35)27-23-11-1-2-13-25(23)32-28-19(7-4-12-24(27)28)14-18-6-3-10-22(15-18)33(36)37/h1-3,5-6,8-11,13-16H,4,7,12,17H2,(H,31,34). The first-order valence-electron chi connectivity index (χ1n) is 12.0. The Morgan fingerprint density at radius 1 is 1.05 bits per heavy atom. The maximum Gasteiger partial charge on any atom is 0.339 e. The lowest BCUT2D eigenvalue weighted by atomic mass is 9.86. The lowest BCUT2D eigenvalue weighted by Crippen LogP contribution is -2.22. The maximum atomic E-state index is 13.4. The van der Waals surface area contributed by atoms with Gasteiger partial charge >= 0.3 is 5.97 Å². The molecule has 0 aliphatic heterocycles. The van der Waals surface area contributed by atoms with Gasteiger partial charge in [-0.2, -0.15) is 0 Å². The summed E-state index contributed by atoms with van der Waals surface area (Å²) in [5.74, 6) is -1.05. The second kappa shape index (κ2) is 10.9. The van der Waals surface area contributed by atoms with E-state index >= 15 is 0 Å². The number of nitrogens with zero attached hydrogens (tertiary/aromatic N) is 2. The van der Waals surface area contributed by atoms with Crippen molar-refractivity contribution in [1.29, 1.82) is 0 Å². The van der Waals surface area contributed by atoms with Crippen molar-refractivity contribution < 1.29 is 19.2 Å². The molecule has 190 valence electrons. The molecule has 5 rings (SSSR count). The van der Waals surface area contributed by atoms with Gasteiger partial charge in [-0.1, -0.05) is 52.3 Å². The number of nitrogens with one attached hydrogen (secondary N) is 1. The SMILES string of the molecule is O=C(COC(=O)c1c2c(nc3ccccc13)C(=Cc1cccc([N+](=O)[O-])c1)CCC2)Nc1cccc(Br)c1. The molecular weight excluding hydrogens is 550 g/mol. The lowest BCUT2D eigenvalue weighted by molar-refractivity contribution is -0.384. The van der Waals surface area contributed by atoms with Crippen molar-refractivity contribution in [1.82, 2.24) is 4.98 Å². The fourth-order valence-corrected chi connectivity index (χ4v) is 5.00. The third kappa shape index (κ3) is 5.47. The van der Waals surface area contributed by atoms with E-state index in [1.54, 1.807) is 30.3 Å². The minimum atomic E-state index is -0.596. The van der Waals surface area contributed by atoms with E-state index in [0.717, 1.165) is 22.0 Å². The summed E-state index contributed by atoms with van der Waals surface area (Å²) in [6.07, 6.45) is 3.99. The molecule has 38 heavy (non-hydrogen) atoms. The summed E-state index contributed by atoms with van der Waals surface area (Å²) < 4.78 is 6.29. The van der Waals surface area contributed by atoms with Gasteiger partial charge in [0.1, 0.15) is 0 Å². The van der Waals surface area contributed by atoms with E-state index in [-0.39, 0.29) is 5.69 Å². The Hall–Kier alpha value is -4.37. The average molecular weight is 572 g/mol. The fourth-order valence-electron chi connectivity index (χ4n) is 4.60. The number of halogens is 1. The molecule has 3 aromatic carbocycles. The topological polar surface area (TPSA) is 111 Å². The monoisotopic (exact) mass is 571 g/mol. The van der Waals surface area contributed by atoms with Crippen LogP contribution in [0, 0.1) is 10.1 Å². The van der Waals surface area contributed by atoms with Crippen molar-refractivity contribution in [2.24, 2.45) is 0 Å². The molecule has 8 nitrogen and oxygen atoms in total. The number of nitro benzene ring substituents is 1.